The second-order valence-corrected chi connectivity index (χ2v) is 5.84. The lowest BCUT2D eigenvalue weighted by atomic mass is 9.79. The molecule has 1 saturated heterocycles. The molecule has 2 rings (SSSR count). The Balaban J connectivity index is 2.25. The first-order valence-corrected chi connectivity index (χ1v) is 5.71. The van der Waals surface area contributed by atoms with Crippen LogP contribution in [0, 0.1) is 11.3 Å². The van der Waals surface area contributed by atoms with Crippen molar-refractivity contribution in [3.63, 3.8) is 0 Å². The molecule has 0 bridgehead atoms. The Hall–Kier alpha value is -0.310. The van der Waals surface area contributed by atoms with Crippen LogP contribution in [-0.2, 0) is 9.59 Å². The smallest absolute Gasteiger partial charge is 0.146 e. The normalized spacial score (nSPS) is 37.7. The Morgan fingerprint density at radius 2 is 2.08 bits per heavy atom. The van der Waals surface area contributed by atoms with Gasteiger partial charge in [0, 0.05) is 12.8 Å². The van der Waals surface area contributed by atoms with Gasteiger partial charge < -0.3 is 0 Å². The van der Waals surface area contributed by atoms with Gasteiger partial charge in [0.2, 0.25) is 0 Å². The first kappa shape index (κ1) is 9.25. The van der Waals surface area contributed by atoms with E-state index in [9.17, 15) is 9.59 Å². The fourth-order valence-electron chi connectivity index (χ4n) is 2.39. The van der Waals surface area contributed by atoms with Crippen LogP contribution in [0.4, 0.5) is 0 Å². The molecule has 0 spiro atoms. The average Bonchev–Trinajstić information content (AvgIpc) is 2.23. The van der Waals surface area contributed by atoms with E-state index in [1.807, 2.05) is 0 Å². The Kier molecular flexibility index (Phi) is 2.02. The molecule has 0 aromatic heterocycles. The van der Waals surface area contributed by atoms with Gasteiger partial charge in [-0.15, -0.1) is 11.8 Å². The van der Waals surface area contributed by atoms with Crippen molar-refractivity contribution >= 4 is 23.3 Å². The van der Waals surface area contributed by atoms with Crippen LogP contribution in [-0.4, -0.2) is 22.6 Å². The monoisotopic (exact) mass is 198 g/mol. The summed E-state index contributed by atoms with van der Waals surface area (Å²) < 4.78 is 0. The van der Waals surface area contributed by atoms with Crippen molar-refractivity contribution in [2.45, 2.75) is 31.9 Å². The van der Waals surface area contributed by atoms with E-state index in [2.05, 4.69) is 13.8 Å². The van der Waals surface area contributed by atoms with E-state index in [0.29, 0.717) is 36.1 Å². The van der Waals surface area contributed by atoms with Crippen LogP contribution in [0.5, 0.6) is 0 Å². The number of carbonyl (C=O) groups excluding carboxylic acids is 2. The van der Waals surface area contributed by atoms with Gasteiger partial charge in [0.05, 0.1) is 11.0 Å². The zero-order valence-corrected chi connectivity index (χ0v) is 8.82. The molecule has 13 heavy (non-hydrogen) atoms. The van der Waals surface area contributed by atoms with Gasteiger partial charge in [0.1, 0.15) is 11.6 Å². The molecule has 2 atom stereocenters. The summed E-state index contributed by atoms with van der Waals surface area (Å²) in [5, 5.41) is 0.118. The highest BCUT2D eigenvalue weighted by molar-refractivity contribution is 8.01. The Bertz CT molecular complexity index is 270. The van der Waals surface area contributed by atoms with E-state index in [1.165, 1.54) is 0 Å². The third-order valence-corrected chi connectivity index (χ3v) is 4.63. The second kappa shape index (κ2) is 2.84. The molecule has 2 aliphatic rings. The lowest BCUT2D eigenvalue weighted by Crippen LogP contribution is -2.32. The molecule has 72 valence electrons. The van der Waals surface area contributed by atoms with Crippen LogP contribution in [0.1, 0.15) is 26.7 Å². The number of hydrogen-bond acceptors (Lipinski definition) is 3. The van der Waals surface area contributed by atoms with Gasteiger partial charge in [0.15, 0.2) is 0 Å². The summed E-state index contributed by atoms with van der Waals surface area (Å²) in [6.45, 7) is 4.21. The van der Waals surface area contributed by atoms with Crippen LogP contribution in [0.2, 0.25) is 0 Å². The Labute approximate surface area is 82.5 Å². The van der Waals surface area contributed by atoms with Crippen molar-refractivity contribution in [3.8, 4) is 0 Å². The first-order valence-electron chi connectivity index (χ1n) is 4.67. The van der Waals surface area contributed by atoms with E-state index in [4.69, 9.17) is 0 Å². The topological polar surface area (TPSA) is 34.1 Å². The highest BCUT2D eigenvalue weighted by Gasteiger charge is 2.50. The minimum Gasteiger partial charge on any atom is -0.299 e. The van der Waals surface area contributed by atoms with Crippen molar-refractivity contribution in [2.75, 3.05) is 5.75 Å². The van der Waals surface area contributed by atoms with E-state index in [-0.39, 0.29) is 10.7 Å². The zero-order valence-electron chi connectivity index (χ0n) is 8.00. The molecule has 0 aromatic carbocycles. The first-order chi connectivity index (χ1) is 6.00. The molecular weight excluding hydrogens is 184 g/mol. The molecule has 0 radical (unpaired) electrons. The van der Waals surface area contributed by atoms with E-state index in [0.717, 1.165) is 0 Å². The number of hydrogen-bond donors (Lipinski definition) is 0. The third-order valence-electron chi connectivity index (χ3n) is 3.19. The van der Waals surface area contributed by atoms with Crippen molar-refractivity contribution in [2.24, 2.45) is 11.3 Å². The van der Waals surface area contributed by atoms with E-state index >= 15 is 0 Å². The Morgan fingerprint density at radius 1 is 1.38 bits per heavy atom. The van der Waals surface area contributed by atoms with Crippen molar-refractivity contribution < 1.29 is 9.59 Å². The van der Waals surface area contributed by atoms with Gasteiger partial charge >= 0.3 is 0 Å². The molecular formula is C10H14O2S. The summed E-state index contributed by atoms with van der Waals surface area (Å²) in [5.41, 5.74) is 0.0465. The maximum Gasteiger partial charge on any atom is 0.146 e. The largest absolute Gasteiger partial charge is 0.299 e. The van der Waals surface area contributed by atoms with Gasteiger partial charge in [0.25, 0.3) is 0 Å². The molecule has 0 amide bonds. The molecule has 1 heterocycles. The third kappa shape index (κ3) is 1.43. The predicted molar refractivity (Wildman–Crippen MR) is 52.8 cm³/mol. The van der Waals surface area contributed by atoms with E-state index in [1.54, 1.807) is 11.8 Å². The Morgan fingerprint density at radius 3 is 2.77 bits per heavy atom. The molecule has 0 aromatic rings. The van der Waals surface area contributed by atoms with Crippen molar-refractivity contribution in [3.05, 3.63) is 0 Å². The molecule has 1 aliphatic heterocycles. The maximum absolute atomic E-state index is 11.6. The van der Waals surface area contributed by atoms with Crippen LogP contribution in [0.25, 0.3) is 0 Å². The molecule has 2 nitrogen and oxygen atoms in total. The van der Waals surface area contributed by atoms with E-state index < -0.39 is 0 Å². The lowest BCUT2D eigenvalue weighted by Gasteiger charge is -2.31. The summed E-state index contributed by atoms with van der Waals surface area (Å²) in [6.07, 6.45) is 1.28. The van der Waals surface area contributed by atoms with Crippen LogP contribution in [0.15, 0.2) is 0 Å². The van der Waals surface area contributed by atoms with Gasteiger partial charge in [-0.05, 0) is 11.3 Å². The standard InChI is InChI=1S/C10H14O2S/c1-10(2)4-8(12)9-7(10)3-6(11)5-13-9/h7,9H,3-5H2,1-2H3. The van der Waals surface area contributed by atoms with Crippen LogP contribution in [0.3, 0.4) is 0 Å². The number of fused-ring (bicyclic) bond motifs is 1. The average molecular weight is 198 g/mol. The maximum atomic E-state index is 11.6. The quantitative estimate of drug-likeness (QED) is 0.594. The summed E-state index contributed by atoms with van der Waals surface area (Å²) in [4.78, 5) is 22.9. The zero-order chi connectivity index (χ0) is 9.64. The number of Topliss-reactive ketones (excluding diaryl/α,β-unsaturated/α-hetero) is 2. The highest BCUT2D eigenvalue weighted by Crippen LogP contribution is 2.49. The molecule has 2 fully saturated rings. The van der Waals surface area contributed by atoms with Gasteiger partial charge in [-0.25, -0.2) is 0 Å². The predicted octanol–water partition coefficient (Wildman–Crippen LogP) is 1.68. The van der Waals surface area contributed by atoms with Crippen molar-refractivity contribution in [1.29, 1.82) is 0 Å². The van der Waals surface area contributed by atoms with Crippen molar-refractivity contribution in [1.82, 2.24) is 0 Å². The number of rotatable bonds is 0. The lowest BCUT2D eigenvalue weighted by molar-refractivity contribution is -0.118. The van der Waals surface area contributed by atoms with Gasteiger partial charge in [-0.1, -0.05) is 13.8 Å². The molecule has 0 N–H and O–H groups in total. The van der Waals surface area contributed by atoms with Crippen LogP contribution >= 0.6 is 11.8 Å². The molecule has 3 heteroatoms. The minimum absolute atomic E-state index is 0.0465. The minimum atomic E-state index is 0.0465. The number of thioether (sulfide) groups is 1. The summed E-state index contributed by atoms with van der Waals surface area (Å²) in [6, 6.07) is 0. The molecule has 2 unspecified atom stereocenters. The fourth-order valence-corrected chi connectivity index (χ4v) is 3.84. The van der Waals surface area contributed by atoms with Crippen LogP contribution < -0.4 is 0 Å². The number of carbonyl (C=O) groups is 2. The molecule has 1 aliphatic carbocycles. The number of ketones is 2. The SMILES string of the molecule is CC1(C)CC(=O)C2SCC(=O)CC21. The highest BCUT2D eigenvalue weighted by atomic mass is 32.2. The van der Waals surface area contributed by atoms with Gasteiger partial charge in [-0.2, -0.15) is 0 Å². The molecule has 1 saturated carbocycles. The summed E-state index contributed by atoms with van der Waals surface area (Å²) in [7, 11) is 0. The second-order valence-electron chi connectivity index (χ2n) is 4.71. The van der Waals surface area contributed by atoms with Gasteiger partial charge in [-0.3, -0.25) is 9.59 Å². The fraction of sp³-hybridized carbons (Fsp3) is 0.800. The summed E-state index contributed by atoms with van der Waals surface area (Å²) >= 11 is 1.55. The summed E-state index contributed by atoms with van der Waals surface area (Å²) in [5.74, 6) is 1.51.